The topological polar surface area (TPSA) is 40.5 Å². The van der Waals surface area contributed by atoms with E-state index in [2.05, 4.69) is 0 Å². The van der Waals surface area contributed by atoms with Gasteiger partial charge in [-0.3, -0.25) is 9.69 Å². The van der Waals surface area contributed by atoms with Crippen molar-refractivity contribution in [2.24, 2.45) is 0 Å². The molecule has 0 aliphatic carbocycles. The maximum atomic E-state index is 10.4. The molecule has 0 fully saturated rings. The van der Waals surface area contributed by atoms with E-state index in [1.807, 2.05) is 31.7 Å². The van der Waals surface area contributed by atoms with Crippen LogP contribution in [0.2, 0.25) is 0 Å². The molecule has 0 spiro atoms. The Bertz CT molecular complexity index is 171. The van der Waals surface area contributed by atoms with Gasteiger partial charge in [-0.15, -0.1) is 0 Å². The van der Waals surface area contributed by atoms with Crippen LogP contribution >= 0.6 is 0 Å². The molecule has 12 heavy (non-hydrogen) atoms. The molecule has 0 bridgehead atoms. The number of nitrogens with zero attached hydrogens (tertiary/aromatic N) is 1. The molecule has 3 heteroatoms. The summed E-state index contributed by atoms with van der Waals surface area (Å²) in [5, 5.41) is 8.52. The van der Waals surface area contributed by atoms with Gasteiger partial charge in [0.15, 0.2) is 0 Å². The molecule has 0 aromatic carbocycles. The predicted molar refractivity (Wildman–Crippen MR) is 49.2 cm³/mol. The van der Waals surface area contributed by atoms with E-state index in [1.54, 1.807) is 0 Å². The number of carboxylic acids is 1. The van der Waals surface area contributed by atoms with Gasteiger partial charge in [0.05, 0.1) is 6.54 Å². The highest BCUT2D eigenvalue weighted by atomic mass is 16.4. The van der Waals surface area contributed by atoms with Crippen LogP contribution in [-0.4, -0.2) is 35.6 Å². The first-order chi connectivity index (χ1) is 5.56. The summed E-state index contributed by atoms with van der Waals surface area (Å²) in [7, 11) is 0. The van der Waals surface area contributed by atoms with Crippen LogP contribution in [0, 0.1) is 0 Å². The molecule has 0 radical (unpaired) electrons. The molecule has 3 nitrogen and oxygen atoms in total. The molecule has 70 valence electrons. The number of rotatable bonds is 5. The van der Waals surface area contributed by atoms with Crippen molar-refractivity contribution in [1.29, 1.82) is 0 Å². The van der Waals surface area contributed by atoms with Crippen LogP contribution in [0.25, 0.3) is 0 Å². The van der Waals surface area contributed by atoms with Gasteiger partial charge in [0, 0.05) is 6.54 Å². The van der Waals surface area contributed by atoms with Crippen molar-refractivity contribution in [2.45, 2.75) is 20.8 Å². The number of likely N-dealkylation sites (N-methyl/N-ethyl adjacent to an activating group) is 1. The number of allylic oxidation sites excluding steroid dienone is 1. The van der Waals surface area contributed by atoms with Crippen LogP contribution in [0.1, 0.15) is 20.8 Å². The van der Waals surface area contributed by atoms with Gasteiger partial charge < -0.3 is 5.11 Å². The van der Waals surface area contributed by atoms with Crippen molar-refractivity contribution >= 4 is 5.97 Å². The average molecular weight is 171 g/mol. The number of carboxylic acid groups (broad SMARTS) is 1. The zero-order chi connectivity index (χ0) is 9.56. The molecule has 1 N–H and O–H groups in total. The highest BCUT2D eigenvalue weighted by Gasteiger charge is 2.04. The summed E-state index contributed by atoms with van der Waals surface area (Å²) >= 11 is 0. The van der Waals surface area contributed by atoms with Gasteiger partial charge >= 0.3 is 5.97 Å². The second kappa shape index (κ2) is 5.77. The lowest BCUT2D eigenvalue weighted by atomic mass is 10.3. The predicted octanol–water partition coefficient (Wildman–Crippen LogP) is 1.36. The Morgan fingerprint density at radius 2 is 2.08 bits per heavy atom. The maximum absolute atomic E-state index is 10.4. The second-order valence-corrected chi connectivity index (χ2v) is 3.00. The zero-order valence-corrected chi connectivity index (χ0v) is 8.00. The van der Waals surface area contributed by atoms with Crippen LogP contribution in [0.3, 0.4) is 0 Å². The third-order valence-electron chi connectivity index (χ3n) is 1.56. The molecule has 0 heterocycles. The summed E-state index contributed by atoms with van der Waals surface area (Å²) in [6.07, 6.45) is 2.03. The van der Waals surface area contributed by atoms with Crippen molar-refractivity contribution in [3.05, 3.63) is 11.6 Å². The summed E-state index contributed by atoms with van der Waals surface area (Å²) in [5.74, 6) is -0.765. The lowest BCUT2D eigenvalue weighted by molar-refractivity contribution is -0.138. The molecule has 0 aromatic heterocycles. The normalized spacial score (nSPS) is 10.0. The van der Waals surface area contributed by atoms with Gasteiger partial charge in [0.2, 0.25) is 0 Å². The fourth-order valence-electron chi connectivity index (χ4n) is 0.808. The van der Waals surface area contributed by atoms with E-state index >= 15 is 0 Å². The molecule has 0 unspecified atom stereocenters. The number of aliphatic carboxylic acids is 1. The van der Waals surface area contributed by atoms with Crippen molar-refractivity contribution < 1.29 is 9.90 Å². The Morgan fingerprint density at radius 1 is 1.50 bits per heavy atom. The van der Waals surface area contributed by atoms with Gasteiger partial charge in [-0.1, -0.05) is 18.6 Å². The Labute approximate surface area is 73.7 Å². The summed E-state index contributed by atoms with van der Waals surface area (Å²) < 4.78 is 0. The fourth-order valence-corrected chi connectivity index (χ4v) is 0.808. The molecule has 0 aromatic rings. The lowest BCUT2D eigenvalue weighted by Crippen LogP contribution is -2.29. The minimum absolute atomic E-state index is 0.125. The Balaban J connectivity index is 3.83. The quantitative estimate of drug-likeness (QED) is 0.635. The number of carbonyl (C=O) groups is 1. The summed E-state index contributed by atoms with van der Waals surface area (Å²) in [6, 6.07) is 0. The van der Waals surface area contributed by atoms with Crippen LogP contribution in [0.15, 0.2) is 11.6 Å². The smallest absolute Gasteiger partial charge is 0.317 e. The minimum atomic E-state index is -0.765. The van der Waals surface area contributed by atoms with E-state index in [4.69, 9.17) is 5.11 Å². The summed E-state index contributed by atoms with van der Waals surface area (Å²) in [6.45, 7) is 7.60. The third kappa shape index (κ3) is 5.92. The van der Waals surface area contributed by atoms with E-state index in [0.717, 1.165) is 13.1 Å². The lowest BCUT2D eigenvalue weighted by Gasteiger charge is -2.15. The van der Waals surface area contributed by atoms with E-state index < -0.39 is 5.97 Å². The minimum Gasteiger partial charge on any atom is -0.480 e. The van der Waals surface area contributed by atoms with Gasteiger partial charge in [-0.05, 0) is 20.4 Å². The van der Waals surface area contributed by atoms with Crippen LogP contribution in [0.4, 0.5) is 0 Å². The van der Waals surface area contributed by atoms with Gasteiger partial charge in [0.25, 0.3) is 0 Å². The molecule has 0 aliphatic heterocycles. The summed E-state index contributed by atoms with van der Waals surface area (Å²) in [5.41, 5.74) is 1.22. The Hall–Kier alpha value is -0.830. The third-order valence-corrected chi connectivity index (χ3v) is 1.56. The molecule has 0 rings (SSSR count). The molecular weight excluding hydrogens is 154 g/mol. The Morgan fingerprint density at radius 3 is 2.42 bits per heavy atom. The number of hydrogen-bond acceptors (Lipinski definition) is 2. The van der Waals surface area contributed by atoms with Crippen LogP contribution in [-0.2, 0) is 4.79 Å². The highest BCUT2D eigenvalue weighted by Crippen LogP contribution is 1.93. The second-order valence-electron chi connectivity index (χ2n) is 3.00. The van der Waals surface area contributed by atoms with E-state index in [0.29, 0.717) is 0 Å². The van der Waals surface area contributed by atoms with Gasteiger partial charge in [-0.2, -0.15) is 0 Å². The fraction of sp³-hybridized carbons (Fsp3) is 0.667. The monoisotopic (exact) mass is 171 g/mol. The Kier molecular flexibility index (Phi) is 5.37. The van der Waals surface area contributed by atoms with Crippen LogP contribution < -0.4 is 0 Å². The first-order valence-corrected chi connectivity index (χ1v) is 4.13. The first-order valence-electron chi connectivity index (χ1n) is 4.13. The van der Waals surface area contributed by atoms with Gasteiger partial charge in [-0.25, -0.2) is 0 Å². The average Bonchev–Trinajstić information content (AvgIpc) is 1.97. The van der Waals surface area contributed by atoms with Crippen molar-refractivity contribution in [3.63, 3.8) is 0 Å². The molecule has 0 aliphatic rings. The van der Waals surface area contributed by atoms with E-state index in [9.17, 15) is 4.79 Å². The summed E-state index contributed by atoms with van der Waals surface area (Å²) in [4.78, 5) is 12.2. The van der Waals surface area contributed by atoms with E-state index in [1.165, 1.54) is 5.57 Å². The molecule has 0 saturated carbocycles. The molecule has 0 amide bonds. The maximum Gasteiger partial charge on any atom is 0.317 e. The van der Waals surface area contributed by atoms with Crippen LogP contribution in [0.5, 0.6) is 0 Å². The molecular formula is C9H17NO2. The number of hydrogen-bond donors (Lipinski definition) is 1. The molecule has 0 atom stereocenters. The first kappa shape index (κ1) is 11.2. The molecule has 0 saturated heterocycles. The largest absolute Gasteiger partial charge is 0.480 e. The van der Waals surface area contributed by atoms with Crippen molar-refractivity contribution in [2.75, 3.05) is 19.6 Å². The zero-order valence-electron chi connectivity index (χ0n) is 8.00. The highest BCUT2D eigenvalue weighted by molar-refractivity contribution is 5.69. The van der Waals surface area contributed by atoms with E-state index in [-0.39, 0.29) is 6.54 Å². The van der Waals surface area contributed by atoms with Crippen molar-refractivity contribution in [3.8, 4) is 0 Å². The van der Waals surface area contributed by atoms with Gasteiger partial charge in [0.1, 0.15) is 0 Å². The van der Waals surface area contributed by atoms with Crippen molar-refractivity contribution in [1.82, 2.24) is 4.90 Å². The SMILES string of the molecule is CCN(CC=C(C)C)CC(=O)O. The standard InChI is InChI=1S/C9H17NO2/c1-4-10(7-9(11)12)6-5-8(2)3/h5H,4,6-7H2,1-3H3,(H,11,12).